The molecule has 3 aromatic rings. The molecule has 29 heavy (non-hydrogen) atoms. The summed E-state index contributed by atoms with van der Waals surface area (Å²) in [6.07, 6.45) is 0. The normalized spacial score (nSPS) is 16.6. The van der Waals surface area contributed by atoms with Gasteiger partial charge in [0.25, 0.3) is 23.6 Å². The van der Waals surface area contributed by atoms with Gasteiger partial charge in [-0.25, -0.2) is 0 Å². The maximum atomic E-state index is 13.1. The Hall–Kier alpha value is -3.80. The van der Waals surface area contributed by atoms with Gasteiger partial charge in [-0.3, -0.25) is 29.0 Å². The van der Waals surface area contributed by atoms with E-state index in [1.807, 2.05) is 12.1 Å². The number of nitrogens with zero attached hydrogens (tertiary/aromatic N) is 2. The van der Waals surface area contributed by atoms with Crippen LogP contribution in [0.2, 0.25) is 0 Å². The van der Waals surface area contributed by atoms with Crippen molar-refractivity contribution in [2.75, 3.05) is 6.54 Å². The van der Waals surface area contributed by atoms with E-state index in [0.29, 0.717) is 27.6 Å². The molecule has 0 spiro atoms. The van der Waals surface area contributed by atoms with Crippen LogP contribution >= 0.6 is 0 Å². The molecule has 142 valence electrons. The van der Waals surface area contributed by atoms with Crippen molar-refractivity contribution in [1.29, 1.82) is 0 Å². The second-order valence-corrected chi connectivity index (χ2v) is 7.31. The molecule has 0 saturated heterocycles. The molecule has 0 fully saturated rings. The van der Waals surface area contributed by atoms with Crippen LogP contribution in [0.1, 0.15) is 48.4 Å². The van der Waals surface area contributed by atoms with Gasteiger partial charge in [0, 0.05) is 16.5 Å². The Kier molecular flexibility index (Phi) is 3.64. The number of imide groups is 2. The third-order valence-electron chi connectivity index (χ3n) is 5.57. The number of hydrogen-bond donors (Lipinski definition) is 0. The summed E-state index contributed by atoms with van der Waals surface area (Å²) in [6.45, 7) is 1.62. The lowest BCUT2D eigenvalue weighted by atomic mass is 9.93. The number of hydrogen-bond acceptors (Lipinski definition) is 4. The van der Waals surface area contributed by atoms with Crippen LogP contribution in [0.25, 0.3) is 10.8 Å². The van der Waals surface area contributed by atoms with Crippen molar-refractivity contribution in [3.63, 3.8) is 0 Å². The molecule has 5 rings (SSSR count). The first-order valence-electron chi connectivity index (χ1n) is 9.34. The van der Waals surface area contributed by atoms with E-state index in [-0.39, 0.29) is 6.54 Å². The lowest BCUT2D eigenvalue weighted by molar-refractivity contribution is 0.0462. The van der Waals surface area contributed by atoms with Gasteiger partial charge in [0.2, 0.25) is 0 Å². The Morgan fingerprint density at radius 1 is 0.655 bits per heavy atom. The molecule has 0 aromatic heterocycles. The average molecular weight is 384 g/mol. The molecule has 0 bridgehead atoms. The quantitative estimate of drug-likeness (QED) is 0.651. The van der Waals surface area contributed by atoms with Crippen LogP contribution in [0.15, 0.2) is 60.7 Å². The highest BCUT2D eigenvalue weighted by Crippen LogP contribution is 2.31. The predicted octanol–water partition coefficient (Wildman–Crippen LogP) is 3.12. The molecule has 0 radical (unpaired) electrons. The van der Waals surface area contributed by atoms with Crippen LogP contribution in [-0.4, -0.2) is 46.0 Å². The van der Waals surface area contributed by atoms with Crippen molar-refractivity contribution in [2.45, 2.75) is 13.0 Å². The van der Waals surface area contributed by atoms with E-state index in [9.17, 15) is 19.2 Å². The van der Waals surface area contributed by atoms with Gasteiger partial charge in [-0.15, -0.1) is 0 Å². The van der Waals surface area contributed by atoms with Crippen LogP contribution < -0.4 is 0 Å². The summed E-state index contributed by atoms with van der Waals surface area (Å²) < 4.78 is 0. The second-order valence-electron chi connectivity index (χ2n) is 7.31. The summed E-state index contributed by atoms with van der Waals surface area (Å²) in [7, 11) is 0. The first-order valence-corrected chi connectivity index (χ1v) is 9.34. The van der Waals surface area contributed by atoms with Gasteiger partial charge in [-0.2, -0.15) is 0 Å². The van der Waals surface area contributed by atoms with E-state index >= 15 is 0 Å². The van der Waals surface area contributed by atoms with E-state index in [0.717, 1.165) is 15.2 Å². The molecule has 2 aliphatic rings. The lowest BCUT2D eigenvalue weighted by Gasteiger charge is -2.33. The van der Waals surface area contributed by atoms with Crippen LogP contribution in [0.5, 0.6) is 0 Å². The Balaban J connectivity index is 1.49. The largest absolute Gasteiger partial charge is 0.272 e. The van der Waals surface area contributed by atoms with Gasteiger partial charge in [0.05, 0.1) is 23.7 Å². The summed E-state index contributed by atoms with van der Waals surface area (Å²) in [4.78, 5) is 53.8. The molecule has 6 heteroatoms. The fraction of sp³-hybridized carbons (Fsp3) is 0.130. The van der Waals surface area contributed by atoms with Crippen LogP contribution in [0, 0.1) is 0 Å². The fourth-order valence-corrected chi connectivity index (χ4v) is 4.20. The van der Waals surface area contributed by atoms with E-state index in [4.69, 9.17) is 0 Å². The van der Waals surface area contributed by atoms with Crippen LogP contribution in [-0.2, 0) is 0 Å². The van der Waals surface area contributed by atoms with E-state index in [1.54, 1.807) is 55.5 Å². The van der Waals surface area contributed by atoms with Crippen molar-refractivity contribution < 1.29 is 19.2 Å². The molecular formula is C23H16N2O4. The van der Waals surface area contributed by atoms with E-state index in [2.05, 4.69) is 0 Å². The standard InChI is InChI=1S/C23H16N2O4/c1-13(12-24-20(26)15-8-2-3-9-16(15)21(24)27)25-22(28)17-10-4-6-14-7-5-11-18(19(14)17)23(25)29/h2-11,13H,12H2,1H3/t13-/m1/s1. The summed E-state index contributed by atoms with van der Waals surface area (Å²) in [5.41, 5.74) is 1.59. The van der Waals surface area contributed by atoms with Gasteiger partial charge < -0.3 is 0 Å². The Labute approximate surface area is 166 Å². The Bertz CT molecular complexity index is 1160. The monoisotopic (exact) mass is 384 g/mol. The highest BCUT2D eigenvalue weighted by Gasteiger charge is 2.40. The fourth-order valence-electron chi connectivity index (χ4n) is 4.20. The smallest absolute Gasteiger partial charge is 0.261 e. The zero-order chi connectivity index (χ0) is 20.3. The topological polar surface area (TPSA) is 74.8 Å². The van der Waals surface area contributed by atoms with Crippen molar-refractivity contribution in [3.05, 3.63) is 82.9 Å². The van der Waals surface area contributed by atoms with Gasteiger partial charge in [-0.05, 0) is 36.6 Å². The van der Waals surface area contributed by atoms with Gasteiger partial charge in [0.1, 0.15) is 0 Å². The van der Waals surface area contributed by atoms with Crippen LogP contribution in [0.3, 0.4) is 0 Å². The third kappa shape index (κ3) is 2.35. The lowest BCUT2D eigenvalue weighted by Crippen LogP contribution is -2.51. The van der Waals surface area contributed by atoms with Crippen molar-refractivity contribution in [1.82, 2.24) is 9.80 Å². The van der Waals surface area contributed by atoms with Crippen molar-refractivity contribution in [2.24, 2.45) is 0 Å². The molecule has 4 amide bonds. The number of carbonyl (C=O) groups is 4. The van der Waals surface area contributed by atoms with E-state index < -0.39 is 29.7 Å². The summed E-state index contributed by atoms with van der Waals surface area (Å²) in [6, 6.07) is 16.6. The minimum atomic E-state index is -0.666. The highest BCUT2D eigenvalue weighted by atomic mass is 16.2. The highest BCUT2D eigenvalue weighted by molar-refractivity contribution is 6.26. The number of amides is 4. The van der Waals surface area contributed by atoms with Gasteiger partial charge >= 0.3 is 0 Å². The molecular weight excluding hydrogens is 368 g/mol. The maximum absolute atomic E-state index is 13.1. The molecule has 2 aliphatic heterocycles. The molecule has 0 unspecified atom stereocenters. The average Bonchev–Trinajstić information content (AvgIpc) is 2.97. The van der Waals surface area contributed by atoms with Gasteiger partial charge in [-0.1, -0.05) is 36.4 Å². The molecule has 2 heterocycles. The summed E-state index contributed by atoms with van der Waals surface area (Å²) >= 11 is 0. The predicted molar refractivity (Wildman–Crippen MR) is 106 cm³/mol. The zero-order valence-electron chi connectivity index (χ0n) is 15.6. The van der Waals surface area contributed by atoms with Crippen LogP contribution in [0.4, 0.5) is 0 Å². The SMILES string of the molecule is C[C@H](CN1C(=O)c2ccccc2C1=O)N1C(=O)c2cccc3cccc(c23)C1=O. The number of carbonyl (C=O) groups excluding carboxylic acids is 4. The van der Waals surface area contributed by atoms with E-state index in [1.165, 1.54) is 0 Å². The minimum absolute atomic E-state index is 0.0536. The maximum Gasteiger partial charge on any atom is 0.261 e. The Morgan fingerprint density at radius 3 is 1.66 bits per heavy atom. The number of rotatable bonds is 3. The van der Waals surface area contributed by atoms with Crippen molar-refractivity contribution in [3.8, 4) is 0 Å². The summed E-state index contributed by atoms with van der Waals surface area (Å²) in [5.74, 6) is -1.64. The summed E-state index contributed by atoms with van der Waals surface area (Å²) in [5, 5.41) is 1.48. The first-order chi connectivity index (χ1) is 14.0. The molecule has 3 aromatic carbocycles. The molecule has 0 aliphatic carbocycles. The number of fused-ring (bicyclic) bond motifs is 1. The Morgan fingerprint density at radius 2 is 1.14 bits per heavy atom. The second kappa shape index (κ2) is 6.10. The van der Waals surface area contributed by atoms with Gasteiger partial charge in [0.15, 0.2) is 0 Å². The van der Waals surface area contributed by atoms with Crippen molar-refractivity contribution >= 4 is 34.4 Å². The number of benzene rings is 3. The first kappa shape index (κ1) is 17.3. The molecule has 0 N–H and O–H groups in total. The minimum Gasteiger partial charge on any atom is -0.272 e. The molecule has 0 saturated carbocycles. The zero-order valence-corrected chi connectivity index (χ0v) is 15.6. The molecule has 1 atom stereocenters. The molecule has 6 nitrogen and oxygen atoms in total. The third-order valence-corrected chi connectivity index (χ3v) is 5.57.